The summed E-state index contributed by atoms with van der Waals surface area (Å²) >= 11 is 0. The molecule has 1 N–H and O–H groups in total. The van der Waals surface area contributed by atoms with Crippen molar-refractivity contribution in [3.8, 4) is 0 Å². The van der Waals surface area contributed by atoms with Crippen LogP contribution >= 0.6 is 0 Å². The molecule has 1 atom stereocenters. The highest BCUT2D eigenvalue weighted by atomic mass is 16.5. The van der Waals surface area contributed by atoms with Gasteiger partial charge in [0.2, 0.25) is 11.8 Å². The highest BCUT2D eigenvalue weighted by molar-refractivity contribution is 5.95. The highest BCUT2D eigenvalue weighted by Gasteiger charge is 2.27. The maximum absolute atomic E-state index is 13.1. The van der Waals surface area contributed by atoms with Crippen molar-refractivity contribution >= 4 is 17.5 Å². The van der Waals surface area contributed by atoms with Crippen molar-refractivity contribution in [2.75, 3.05) is 37.7 Å². The summed E-state index contributed by atoms with van der Waals surface area (Å²) < 4.78 is 5.38. The molecule has 2 aliphatic rings. The van der Waals surface area contributed by atoms with E-state index in [-0.39, 0.29) is 11.8 Å². The van der Waals surface area contributed by atoms with Crippen LogP contribution in [0.4, 0.5) is 5.69 Å². The van der Waals surface area contributed by atoms with Gasteiger partial charge in [-0.1, -0.05) is 42.5 Å². The minimum absolute atomic E-state index is 0.0822. The molecule has 2 aromatic rings. The molecule has 0 aromatic heterocycles. The number of carbonyl (C=O) groups is 2. The van der Waals surface area contributed by atoms with E-state index >= 15 is 0 Å². The van der Waals surface area contributed by atoms with E-state index in [2.05, 4.69) is 5.32 Å². The van der Waals surface area contributed by atoms with Crippen molar-refractivity contribution in [2.45, 2.75) is 25.4 Å². The summed E-state index contributed by atoms with van der Waals surface area (Å²) in [7, 11) is 0. The van der Waals surface area contributed by atoms with Gasteiger partial charge in [-0.05, 0) is 29.7 Å². The Morgan fingerprint density at radius 1 is 1.00 bits per heavy atom. The molecule has 4 rings (SSSR count). The van der Waals surface area contributed by atoms with Crippen LogP contribution in [0.2, 0.25) is 0 Å². The molecule has 0 radical (unpaired) electrons. The number of carbonyl (C=O) groups excluding carboxylic acids is 2. The Hall–Kier alpha value is -2.70. The maximum Gasteiger partial charge on any atom is 0.244 e. The van der Waals surface area contributed by atoms with Crippen molar-refractivity contribution in [3.05, 3.63) is 65.7 Å². The second-order valence-electron chi connectivity index (χ2n) is 7.48. The van der Waals surface area contributed by atoms with Gasteiger partial charge in [0.25, 0.3) is 0 Å². The molecule has 2 heterocycles. The fourth-order valence-electron chi connectivity index (χ4n) is 3.89. The fourth-order valence-corrected chi connectivity index (χ4v) is 3.89. The molecule has 2 saturated heterocycles. The summed E-state index contributed by atoms with van der Waals surface area (Å²) in [5, 5.41) is 3.43. The van der Waals surface area contributed by atoms with Gasteiger partial charge in [-0.2, -0.15) is 0 Å². The number of ether oxygens (including phenoxy) is 1. The predicted molar refractivity (Wildman–Crippen MR) is 111 cm³/mol. The minimum atomic E-state index is -0.394. The topological polar surface area (TPSA) is 61.9 Å². The van der Waals surface area contributed by atoms with Gasteiger partial charge in [0, 0.05) is 38.3 Å². The van der Waals surface area contributed by atoms with Crippen LogP contribution in [-0.2, 0) is 20.9 Å². The Labute approximate surface area is 171 Å². The van der Waals surface area contributed by atoms with E-state index in [1.54, 1.807) is 0 Å². The average Bonchev–Trinajstić information content (AvgIpc) is 3.21. The molecule has 0 bridgehead atoms. The third-order valence-corrected chi connectivity index (χ3v) is 5.53. The lowest BCUT2D eigenvalue weighted by atomic mass is 10.0. The molecule has 2 aromatic carbocycles. The molecule has 0 spiro atoms. The summed E-state index contributed by atoms with van der Waals surface area (Å²) in [6.07, 6.45) is 1.55. The van der Waals surface area contributed by atoms with Crippen LogP contribution in [0.5, 0.6) is 0 Å². The van der Waals surface area contributed by atoms with E-state index in [4.69, 9.17) is 4.74 Å². The minimum Gasteiger partial charge on any atom is -0.378 e. The number of hydrogen-bond donors (Lipinski definition) is 1. The number of amides is 2. The Bertz CT molecular complexity index is 832. The Kier molecular flexibility index (Phi) is 6.22. The molecule has 6 nitrogen and oxygen atoms in total. The lowest BCUT2D eigenvalue weighted by Crippen LogP contribution is -2.46. The second-order valence-corrected chi connectivity index (χ2v) is 7.48. The van der Waals surface area contributed by atoms with Crippen LogP contribution in [0.25, 0.3) is 0 Å². The van der Waals surface area contributed by atoms with Crippen LogP contribution < -0.4 is 10.2 Å². The quantitative estimate of drug-likeness (QED) is 0.819. The summed E-state index contributed by atoms with van der Waals surface area (Å²) in [5.41, 5.74) is 2.99. The molecule has 2 aliphatic heterocycles. The molecule has 29 heavy (non-hydrogen) atoms. The van der Waals surface area contributed by atoms with Crippen LogP contribution in [0.3, 0.4) is 0 Å². The third-order valence-electron chi connectivity index (χ3n) is 5.53. The zero-order chi connectivity index (χ0) is 20.1. The van der Waals surface area contributed by atoms with Gasteiger partial charge in [0.15, 0.2) is 0 Å². The molecule has 0 aliphatic carbocycles. The largest absolute Gasteiger partial charge is 0.378 e. The van der Waals surface area contributed by atoms with E-state index in [1.807, 2.05) is 64.4 Å². The van der Waals surface area contributed by atoms with Gasteiger partial charge < -0.3 is 14.5 Å². The molecule has 0 unspecified atom stereocenters. The van der Waals surface area contributed by atoms with Crippen LogP contribution in [0, 0.1) is 0 Å². The zero-order valence-corrected chi connectivity index (χ0v) is 16.5. The van der Waals surface area contributed by atoms with Gasteiger partial charge >= 0.3 is 0 Å². The molecule has 2 fully saturated rings. The van der Waals surface area contributed by atoms with Gasteiger partial charge in [-0.25, -0.2) is 0 Å². The smallest absolute Gasteiger partial charge is 0.244 e. The number of rotatable bonds is 6. The van der Waals surface area contributed by atoms with Crippen molar-refractivity contribution in [1.82, 2.24) is 10.2 Å². The molecular weight excluding hydrogens is 366 g/mol. The van der Waals surface area contributed by atoms with Crippen molar-refractivity contribution < 1.29 is 14.3 Å². The number of morpholine rings is 1. The molecule has 2 amide bonds. The summed E-state index contributed by atoms with van der Waals surface area (Å²) in [5.74, 6) is 0.273. The van der Waals surface area contributed by atoms with E-state index in [0.29, 0.717) is 39.3 Å². The van der Waals surface area contributed by atoms with Crippen LogP contribution in [0.1, 0.15) is 30.0 Å². The predicted octanol–water partition coefficient (Wildman–Crippen LogP) is 2.50. The fraction of sp³-hybridized carbons (Fsp3) is 0.391. The van der Waals surface area contributed by atoms with E-state index in [0.717, 1.165) is 29.8 Å². The summed E-state index contributed by atoms with van der Waals surface area (Å²) in [4.78, 5) is 28.8. The Balaban J connectivity index is 1.45. The first-order chi connectivity index (χ1) is 14.2. The summed E-state index contributed by atoms with van der Waals surface area (Å²) in [6, 6.07) is 17.5. The first kappa shape index (κ1) is 19.6. The lowest BCUT2D eigenvalue weighted by molar-refractivity contribution is -0.137. The van der Waals surface area contributed by atoms with Gasteiger partial charge in [-0.3, -0.25) is 14.9 Å². The number of benzene rings is 2. The van der Waals surface area contributed by atoms with E-state index in [1.165, 1.54) is 0 Å². The molecular formula is C23H27N3O3. The molecule has 152 valence electrons. The monoisotopic (exact) mass is 393 g/mol. The Morgan fingerprint density at radius 3 is 2.38 bits per heavy atom. The number of anilines is 1. The SMILES string of the molecule is O=C([C@@H](NCc1ccc(N2CCCC2=O)cc1)c1ccccc1)N1CCOCC1. The second kappa shape index (κ2) is 9.20. The first-order valence-electron chi connectivity index (χ1n) is 10.3. The number of nitrogens with one attached hydrogen (secondary N) is 1. The van der Waals surface area contributed by atoms with E-state index < -0.39 is 6.04 Å². The number of nitrogens with zero attached hydrogens (tertiary/aromatic N) is 2. The molecule has 6 heteroatoms. The normalized spacial score (nSPS) is 18.1. The average molecular weight is 393 g/mol. The van der Waals surface area contributed by atoms with Crippen molar-refractivity contribution in [2.24, 2.45) is 0 Å². The van der Waals surface area contributed by atoms with Crippen molar-refractivity contribution in [1.29, 1.82) is 0 Å². The van der Waals surface area contributed by atoms with Gasteiger partial charge in [0.1, 0.15) is 6.04 Å². The molecule has 0 saturated carbocycles. The number of hydrogen-bond acceptors (Lipinski definition) is 4. The van der Waals surface area contributed by atoms with Gasteiger partial charge in [0.05, 0.1) is 13.2 Å². The third kappa shape index (κ3) is 4.66. The van der Waals surface area contributed by atoms with Crippen LogP contribution in [-0.4, -0.2) is 49.6 Å². The Morgan fingerprint density at radius 2 is 1.72 bits per heavy atom. The van der Waals surface area contributed by atoms with Gasteiger partial charge in [-0.15, -0.1) is 0 Å². The van der Waals surface area contributed by atoms with Crippen LogP contribution in [0.15, 0.2) is 54.6 Å². The first-order valence-corrected chi connectivity index (χ1v) is 10.3. The maximum atomic E-state index is 13.1. The lowest BCUT2D eigenvalue weighted by Gasteiger charge is -2.31. The zero-order valence-electron chi connectivity index (χ0n) is 16.5. The highest BCUT2D eigenvalue weighted by Crippen LogP contribution is 2.22. The van der Waals surface area contributed by atoms with Crippen molar-refractivity contribution in [3.63, 3.8) is 0 Å². The van der Waals surface area contributed by atoms with E-state index in [9.17, 15) is 9.59 Å². The standard InChI is InChI=1S/C23H27N3O3/c27-21-7-4-12-26(21)20-10-8-18(9-11-20)17-24-22(19-5-2-1-3-6-19)23(28)25-13-15-29-16-14-25/h1-3,5-6,8-11,22,24H,4,7,12-17H2/t22-/m0/s1. The summed E-state index contributed by atoms with van der Waals surface area (Å²) in [6.45, 7) is 3.79.